The smallest absolute Gasteiger partial charge is 0.237 e. The van der Waals surface area contributed by atoms with Crippen molar-refractivity contribution in [3.8, 4) is 45.4 Å². The first-order valence-electron chi connectivity index (χ1n) is 15.6. The van der Waals surface area contributed by atoms with Crippen LogP contribution in [0.5, 0.6) is 11.8 Å². The number of carbonyl (C=O) groups is 1. The molecule has 2 saturated heterocycles. The third-order valence-corrected chi connectivity index (χ3v) is 9.29. The highest BCUT2D eigenvalue weighted by Crippen LogP contribution is 2.42. The van der Waals surface area contributed by atoms with Crippen molar-refractivity contribution in [3.05, 3.63) is 70.2 Å². The van der Waals surface area contributed by atoms with Gasteiger partial charge in [0.25, 0.3) is 0 Å². The molecule has 2 aliphatic rings. The Morgan fingerprint density at radius 2 is 1.51 bits per heavy atom. The van der Waals surface area contributed by atoms with Gasteiger partial charge < -0.3 is 25.2 Å². The van der Waals surface area contributed by atoms with Gasteiger partial charge in [0.2, 0.25) is 17.7 Å². The molecule has 0 saturated carbocycles. The molecule has 13 heteroatoms. The summed E-state index contributed by atoms with van der Waals surface area (Å²) in [6, 6.07) is 11.5. The average molecular weight is 679 g/mol. The fourth-order valence-electron chi connectivity index (χ4n) is 6.07. The number of hydrogen-bond acceptors (Lipinski definition) is 10. The summed E-state index contributed by atoms with van der Waals surface area (Å²) >= 11 is 14.1. The van der Waals surface area contributed by atoms with Gasteiger partial charge in [-0.3, -0.25) is 19.7 Å². The monoisotopic (exact) mass is 677 g/mol. The molecule has 4 aromatic rings. The molecule has 6 rings (SSSR count). The predicted octanol–water partition coefficient (Wildman–Crippen LogP) is 4.92. The maximum Gasteiger partial charge on any atom is 0.237 e. The minimum Gasteiger partial charge on any atom is -0.480 e. The van der Waals surface area contributed by atoms with Crippen molar-refractivity contribution in [2.75, 3.05) is 33.9 Å². The highest BCUT2D eigenvalue weighted by molar-refractivity contribution is 6.39. The van der Waals surface area contributed by atoms with Crippen LogP contribution in [-0.4, -0.2) is 81.8 Å². The standard InChI is InChI=1S/C34H37Cl2N7O4/c1-46-33-28(15-37-14-20-11-12-30(45)40-20)38-16-26(41-33)24-9-3-7-22(31(24)35)23-8-4-10-25(32(23)36)27-17-39-29(34(42-27)47-2)19-43-13-5-6-21(44)18-43/h3-4,7-10,16-17,20-21,37,44H,5-6,11-15,18-19H2,1-2H3,(H,40,45). The Morgan fingerprint density at radius 1 is 0.915 bits per heavy atom. The van der Waals surface area contributed by atoms with Crippen molar-refractivity contribution < 1.29 is 19.4 Å². The number of rotatable bonds is 11. The Morgan fingerprint density at radius 3 is 2.09 bits per heavy atom. The number of piperidine rings is 1. The van der Waals surface area contributed by atoms with Gasteiger partial charge in [0.1, 0.15) is 11.4 Å². The molecule has 0 bridgehead atoms. The van der Waals surface area contributed by atoms with Crippen LogP contribution in [0.3, 0.4) is 0 Å². The molecule has 2 aliphatic heterocycles. The number of likely N-dealkylation sites (tertiary alicyclic amines) is 1. The van der Waals surface area contributed by atoms with E-state index in [9.17, 15) is 9.90 Å². The molecule has 0 aliphatic carbocycles. The second-order valence-corrected chi connectivity index (χ2v) is 12.5. The van der Waals surface area contributed by atoms with E-state index in [-0.39, 0.29) is 18.1 Å². The van der Waals surface area contributed by atoms with Crippen LogP contribution < -0.4 is 20.1 Å². The lowest BCUT2D eigenvalue weighted by Crippen LogP contribution is -2.37. The average Bonchev–Trinajstić information content (AvgIpc) is 3.50. The molecule has 47 heavy (non-hydrogen) atoms. The zero-order valence-corrected chi connectivity index (χ0v) is 27.8. The number of hydrogen-bond donors (Lipinski definition) is 3. The zero-order valence-electron chi connectivity index (χ0n) is 26.3. The third kappa shape index (κ3) is 7.50. The summed E-state index contributed by atoms with van der Waals surface area (Å²) in [4.78, 5) is 32.4. The van der Waals surface area contributed by atoms with Crippen LogP contribution in [-0.2, 0) is 17.9 Å². The van der Waals surface area contributed by atoms with Gasteiger partial charge in [-0.1, -0.05) is 59.6 Å². The lowest BCUT2D eigenvalue weighted by atomic mass is 9.98. The van der Waals surface area contributed by atoms with Gasteiger partial charge in [-0.15, -0.1) is 0 Å². The van der Waals surface area contributed by atoms with Crippen molar-refractivity contribution >= 4 is 29.1 Å². The van der Waals surface area contributed by atoms with E-state index in [1.54, 1.807) is 26.6 Å². The number of nitrogens with zero attached hydrogens (tertiary/aromatic N) is 5. The van der Waals surface area contributed by atoms with E-state index in [4.69, 9.17) is 42.6 Å². The summed E-state index contributed by atoms with van der Waals surface area (Å²) in [5, 5.41) is 17.3. The number of aromatic nitrogens is 4. The first-order valence-corrected chi connectivity index (χ1v) is 16.4. The van der Waals surface area contributed by atoms with E-state index in [0.717, 1.165) is 36.9 Å². The number of nitrogens with one attached hydrogen (secondary N) is 2. The summed E-state index contributed by atoms with van der Waals surface area (Å²) in [6.45, 7) is 3.10. The van der Waals surface area contributed by atoms with Gasteiger partial charge in [0, 0.05) is 60.9 Å². The van der Waals surface area contributed by atoms with Crippen molar-refractivity contribution in [3.63, 3.8) is 0 Å². The van der Waals surface area contributed by atoms with Crippen LogP contribution in [0, 0.1) is 0 Å². The Hall–Kier alpha value is -3.87. The van der Waals surface area contributed by atoms with Crippen molar-refractivity contribution in [1.82, 2.24) is 35.5 Å². The topological polar surface area (TPSA) is 135 Å². The third-order valence-electron chi connectivity index (χ3n) is 8.47. The second kappa shape index (κ2) is 14.9. The van der Waals surface area contributed by atoms with Crippen LogP contribution in [0.2, 0.25) is 10.0 Å². The molecule has 2 fully saturated rings. The number of aliphatic hydroxyl groups is 1. The van der Waals surface area contributed by atoms with Crippen LogP contribution in [0.4, 0.5) is 0 Å². The molecule has 0 spiro atoms. The van der Waals surface area contributed by atoms with Crippen molar-refractivity contribution in [1.29, 1.82) is 0 Å². The number of β-amino-alcohol motifs (C(OH)–C–C–N with tert-alkyl or cyclic N) is 1. The number of halogens is 2. The lowest BCUT2D eigenvalue weighted by molar-refractivity contribution is -0.119. The van der Waals surface area contributed by atoms with E-state index >= 15 is 0 Å². The minimum atomic E-state index is -0.330. The molecule has 2 aromatic carbocycles. The van der Waals surface area contributed by atoms with E-state index in [1.807, 2.05) is 36.4 Å². The largest absolute Gasteiger partial charge is 0.480 e. The van der Waals surface area contributed by atoms with Crippen LogP contribution in [0.1, 0.15) is 37.1 Å². The summed E-state index contributed by atoms with van der Waals surface area (Å²) in [6.07, 6.45) is 6.17. The predicted molar refractivity (Wildman–Crippen MR) is 180 cm³/mol. The molecular weight excluding hydrogens is 641 g/mol. The van der Waals surface area contributed by atoms with Gasteiger partial charge >= 0.3 is 0 Å². The van der Waals surface area contributed by atoms with Gasteiger partial charge in [-0.2, -0.15) is 0 Å². The molecule has 0 radical (unpaired) electrons. The number of carbonyl (C=O) groups excluding carboxylic acids is 1. The molecule has 2 unspecified atom stereocenters. The summed E-state index contributed by atoms with van der Waals surface area (Å²) < 4.78 is 11.2. The molecule has 2 aromatic heterocycles. The second-order valence-electron chi connectivity index (χ2n) is 11.7. The maximum atomic E-state index is 11.5. The Kier molecular flexibility index (Phi) is 10.5. The fourth-order valence-corrected chi connectivity index (χ4v) is 6.72. The molecule has 4 heterocycles. The lowest BCUT2D eigenvalue weighted by Gasteiger charge is -2.29. The maximum absolute atomic E-state index is 11.5. The Bertz CT molecular complexity index is 1760. The first kappa shape index (κ1) is 33.0. The molecule has 246 valence electrons. The zero-order chi connectivity index (χ0) is 32.9. The molecule has 11 nitrogen and oxygen atoms in total. The normalized spacial score (nSPS) is 18.3. The fraction of sp³-hybridized carbons (Fsp3) is 0.382. The number of amides is 1. The van der Waals surface area contributed by atoms with Gasteiger partial charge in [0.15, 0.2) is 0 Å². The van der Waals surface area contributed by atoms with Gasteiger partial charge in [-0.05, 0) is 25.8 Å². The quantitative estimate of drug-likeness (QED) is 0.201. The molecule has 2 atom stereocenters. The highest BCUT2D eigenvalue weighted by atomic mass is 35.5. The van der Waals surface area contributed by atoms with Gasteiger partial charge in [0.05, 0.1) is 54.2 Å². The Labute approximate surface area is 283 Å². The van der Waals surface area contributed by atoms with Crippen molar-refractivity contribution in [2.24, 2.45) is 0 Å². The van der Waals surface area contributed by atoms with E-state index in [2.05, 4.69) is 25.5 Å². The van der Waals surface area contributed by atoms with Crippen LogP contribution in [0.25, 0.3) is 33.6 Å². The number of ether oxygens (including phenoxy) is 2. The molecule has 3 N–H and O–H groups in total. The summed E-state index contributed by atoms with van der Waals surface area (Å²) in [5.74, 6) is 0.888. The SMILES string of the molecule is COc1nc(-c2cccc(-c3cccc(-c4cnc(CN5CCCC(O)C5)c(OC)n4)c3Cl)c2Cl)cnc1CNCC1CCC(=O)N1. The molecule has 1 amide bonds. The summed E-state index contributed by atoms with van der Waals surface area (Å²) in [7, 11) is 3.13. The minimum absolute atomic E-state index is 0.0830. The van der Waals surface area contributed by atoms with E-state index < -0.39 is 0 Å². The summed E-state index contributed by atoms with van der Waals surface area (Å²) in [5.41, 5.74) is 5.29. The van der Waals surface area contributed by atoms with Crippen LogP contribution >= 0.6 is 23.2 Å². The number of methoxy groups -OCH3 is 2. The van der Waals surface area contributed by atoms with Gasteiger partial charge in [-0.25, -0.2) is 9.97 Å². The number of aliphatic hydroxyl groups excluding tert-OH is 1. The van der Waals surface area contributed by atoms with Crippen molar-refractivity contribution in [2.45, 2.75) is 50.9 Å². The van der Waals surface area contributed by atoms with E-state index in [1.165, 1.54) is 0 Å². The van der Waals surface area contributed by atoms with Crippen LogP contribution in [0.15, 0.2) is 48.8 Å². The van der Waals surface area contributed by atoms with E-state index in [0.29, 0.717) is 88.3 Å². The Balaban J connectivity index is 1.24. The number of benzene rings is 2. The highest BCUT2D eigenvalue weighted by Gasteiger charge is 2.23. The molecular formula is C34H37Cl2N7O4. The first-order chi connectivity index (χ1) is 22.8.